The third kappa shape index (κ3) is 3.50. The number of nitrogens with zero attached hydrogens (tertiary/aromatic N) is 4. The summed E-state index contributed by atoms with van der Waals surface area (Å²) in [5.41, 5.74) is 1.09. The van der Waals surface area contributed by atoms with Gasteiger partial charge >= 0.3 is 0 Å². The summed E-state index contributed by atoms with van der Waals surface area (Å²) in [6.45, 7) is 12.2. The molecule has 1 aromatic heterocycles. The fourth-order valence-corrected chi connectivity index (χ4v) is 2.57. The maximum atomic E-state index is 5.24. The van der Waals surface area contributed by atoms with E-state index in [9.17, 15) is 0 Å². The van der Waals surface area contributed by atoms with Crippen LogP contribution >= 0.6 is 0 Å². The van der Waals surface area contributed by atoms with Gasteiger partial charge in [-0.15, -0.1) is 0 Å². The highest BCUT2D eigenvalue weighted by atomic mass is 16.5. The molecule has 22 heavy (non-hydrogen) atoms. The van der Waals surface area contributed by atoms with Crippen LogP contribution in [0.5, 0.6) is 0 Å². The Morgan fingerprint density at radius 1 is 1.14 bits per heavy atom. The number of rotatable bonds is 3. The number of aromatic nitrogens is 2. The van der Waals surface area contributed by atoms with Gasteiger partial charge in [0.15, 0.2) is 0 Å². The lowest BCUT2D eigenvalue weighted by Gasteiger charge is -2.34. The summed E-state index contributed by atoms with van der Waals surface area (Å²) < 4.78 is 5.24. The summed E-state index contributed by atoms with van der Waals surface area (Å²) in [5, 5.41) is 3.47. The molecule has 0 bridgehead atoms. The Morgan fingerprint density at radius 3 is 2.36 bits per heavy atom. The van der Waals surface area contributed by atoms with E-state index in [2.05, 4.69) is 49.0 Å². The molecule has 0 radical (unpaired) electrons. The van der Waals surface area contributed by atoms with E-state index in [4.69, 9.17) is 14.7 Å². The minimum atomic E-state index is 0.0107. The van der Waals surface area contributed by atoms with Gasteiger partial charge in [0.05, 0.1) is 24.9 Å². The Balaban J connectivity index is 1.85. The third-order valence-electron chi connectivity index (χ3n) is 4.26. The van der Waals surface area contributed by atoms with Gasteiger partial charge in [-0.05, 0) is 7.05 Å². The molecular formula is C16H27N5O. The SMILES string of the molecule is CN1CCN(c2nc(NC3COC3)cc(C(C)(C)C)n2)CC1. The molecule has 122 valence electrons. The molecule has 0 aromatic carbocycles. The van der Waals surface area contributed by atoms with Crippen molar-refractivity contribution < 1.29 is 4.74 Å². The zero-order chi connectivity index (χ0) is 15.7. The van der Waals surface area contributed by atoms with Crippen molar-refractivity contribution in [3.05, 3.63) is 11.8 Å². The lowest BCUT2D eigenvalue weighted by molar-refractivity contribution is 0.0209. The van der Waals surface area contributed by atoms with E-state index >= 15 is 0 Å². The predicted octanol–water partition coefficient (Wildman–Crippen LogP) is 1.34. The fourth-order valence-electron chi connectivity index (χ4n) is 2.57. The van der Waals surface area contributed by atoms with Crippen LogP contribution in [0.4, 0.5) is 11.8 Å². The lowest BCUT2D eigenvalue weighted by atomic mass is 9.92. The quantitative estimate of drug-likeness (QED) is 0.909. The number of ether oxygens (including phenoxy) is 1. The highest BCUT2D eigenvalue weighted by Gasteiger charge is 2.24. The lowest BCUT2D eigenvalue weighted by Crippen LogP contribution is -2.45. The van der Waals surface area contributed by atoms with Crippen LogP contribution in [-0.4, -0.2) is 67.4 Å². The fraction of sp³-hybridized carbons (Fsp3) is 0.750. The van der Waals surface area contributed by atoms with Crippen molar-refractivity contribution in [2.24, 2.45) is 0 Å². The van der Waals surface area contributed by atoms with Crippen LogP contribution < -0.4 is 10.2 Å². The Labute approximate surface area is 132 Å². The number of hydrogen-bond acceptors (Lipinski definition) is 6. The molecule has 6 nitrogen and oxygen atoms in total. The minimum Gasteiger partial charge on any atom is -0.377 e. The van der Waals surface area contributed by atoms with Crippen molar-refractivity contribution >= 4 is 11.8 Å². The van der Waals surface area contributed by atoms with Gasteiger partial charge in [-0.2, -0.15) is 4.98 Å². The van der Waals surface area contributed by atoms with Gasteiger partial charge in [-0.25, -0.2) is 4.98 Å². The Hall–Kier alpha value is -1.40. The summed E-state index contributed by atoms with van der Waals surface area (Å²) in [5.74, 6) is 1.77. The molecule has 1 N–H and O–H groups in total. The van der Waals surface area contributed by atoms with Crippen molar-refractivity contribution in [2.45, 2.75) is 32.2 Å². The van der Waals surface area contributed by atoms with Gasteiger partial charge in [-0.3, -0.25) is 0 Å². The monoisotopic (exact) mass is 305 g/mol. The second-order valence-corrected chi connectivity index (χ2v) is 7.36. The van der Waals surface area contributed by atoms with Gasteiger partial charge in [0.2, 0.25) is 5.95 Å². The maximum Gasteiger partial charge on any atom is 0.227 e. The van der Waals surface area contributed by atoms with E-state index in [1.165, 1.54) is 0 Å². The Kier molecular flexibility index (Phi) is 4.23. The van der Waals surface area contributed by atoms with Crippen LogP contribution in [0, 0.1) is 0 Å². The van der Waals surface area contributed by atoms with E-state index in [1.54, 1.807) is 0 Å². The molecule has 0 atom stereocenters. The van der Waals surface area contributed by atoms with Gasteiger partial charge in [0.1, 0.15) is 5.82 Å². The molecule has 2 aliphatic heterocycles. The van der Waals surface area contributed by atoms with Crippen LogP contribution in [0.15, 0.2) is 6.07 Å². The molecule has 0 spiro atoms. The Bertz CT molecular complexity index is 516. The maximum absolute atomic E-state index is 5.24. The van der Waals surface area contributed by atoms with Gasteiger partial charge < -0.3 is 19.9 Å². The topological polar surface area (TPSA) is 53.5 Å². The molecule has 3 heterocycles. The highest BCUT2D eigenvalue weighted by Crippen LogP contribution is 2.26. The van der Waals surface area contributed by atoms with E-state index < -0.39 is 0 Å². The van der Waals surface area contributed by atoms with E-state index in [0.29, 0.717) is 6.04 Å². The molecule has 2 fully saturated rings. The number of hydrogen-bond donors (Lipinski definition) is 1. The van der Waals surface area contributed by atoms with Gasteiger partial charge in [0, 0.05) is 37.7 Å². The summed E-state index contributed by atoms with van der Waals surface area (Å²) >= 11 is 0. The standard InChI is InChI=1S/C16H27N5O/c1-16(2,3)13-9-14(17-12-10-22-11-12)19-15(18-13)21-7-5-20(4)6-8-21/h9,12H,5-8,10-11H2,1-4H3,(H,17,18,19). The number of anilines is 2. The van der Waals surface area contributed by atoms with Crippen LogP contribution in [-0.2, 0) is 10.2 Å². The molecule has 2 saturated heterocycles. The zero-order valence-electron chi connectivity index (χ0n) is 14.1. The second-order valence-electron chi connectivity index (χ2n) is 7.36. The summed E-state index contributed by atoms with van der Waals surface area (Å²) in [7, 11) is 2.16. The average molecular weight is 305 g/mol. The van der Waals surface area contributed by atoms with Crippen LogP contribution in [0.3, 0.4) is 0 Å². The molecule has 6 heteroatoms. The van der Waals surface area contributed by atoms with Crippen molar-refractivity contribution in [3.63, 3.8) is 0 Å². The van der Waals surface area contributed by atoms with E-state index in [1.807, 2.05) is 0 Å². The first kappa shape index (κ1) is 15.5. The first-order valence-electron chi connectivity index (χ1n) is 8.09. The van der Waals surface area contributed by atoms with Crippen molar-refractivity contribution in [1.82, 2.24) is 14.9 Å². The van der Waals surface area contributed by atoms with Gasteiger partial charge in [0.25, 0.3) is 0 Å². The molecule has 0 aliphatic carbocycles. The normalized spacial score (nSPS) is 20.8. The zero-order valence-corrected chi connectivity index (χ0v) is 14.1. The first-order valence-corrected chi connectivity index (χ1v) is 8.09. The molecule has 0 unspecified atom stereocenters. The molecule has 3 rings (SSSR count). The number of likely N-dealkylation sites (N-methyl/N-ethyl adjacent to an activating group) is 1. The summed E-state index contributed by atoms with van der Waals surface area (Å²) in [6, 6.07) is 2.46. The third-order valence-corrected chi connectivity index (χ3v) is 4.26. The van der Waals surface area contributed by atoms with E-state index in [0.717, 1.165) is 56.9 Å². The molecule has 1 aromatic rings. The van der Waals surface area contributed by atoms with Crippen LogP contribution in [0.2, 0.25) is 0 Å². The summed E-state index contributed by atoms with van der Waals surface area (Å²) in [6.07, 6.45) is 0. The summed E-state index contributed by atoms with van der Waals surface area (Å²) in [4.78, 5) is 14.2. The highest BCUT2D eigenvalue weighted by molar-refractivity contribution is 5.46. The van der Waals surface area contributed by atoms with Crippen LogP contribution in [0.1, 0.15) is 26.5 Å². The van der Waals surface area contributed by atoms with Crippen molar-refractivity contribution in [3.8, 4) is 0 Å². The molecule has 2 aliphatic rings. The predicted molar refractivity (Wildman–Crippen MR) is 88.7 cm³/mol. The largest absolute Gasteiger partial charge is 0.377 e. The Morgan fingerprint density at radius 2 is 1.82 bits per heavy atom. The molecule has 0 amide bonds. The van der Waals surface area contributed by atoms with Gasteiger partial charge in [-0.1, -0.05) is 20.8 Å². The van der Waals surface area contributed by atoms with E-state index in [-0.39, 0.29) is 5.41 Å². The smallest absolute Gasteiger partial charge is 0.227 e. The molecule has 0 saturated carbocycles. The number of nitrogens with one attached hydrogen (secondary N) is 1. The van der Waals surface area contributed by atoms with Crippen molar-refractivity contribution in [2.75, 3.05) is 56.7 Å². The van der Waals surface area contributed by atoms with Crippen molar-refractivity contribution in [1.29, 1.82) is 0 Å². The second kappa shape index (κ2) is 6.01. The minimum absolute atomic E-state index is 0.0107. The first-order chi connectivity index (χ1) is 10.4. The molecular weight excluding hydrogens is 278 g/mol. The number of piperazine rings is 1. The van der Waals surface area contributed by atoms with Crippen LogP contribution in [0.25, 0.3) is 0 Å². The average Bonchev–Trinajstić information content (AvgIpc) is 2.42.